The Bertz CT molecular complexity index is 378. The third-order valence-corrected chi connectivity index (χ3v) is 3.56. The highest BCUT2D eigenvalue weighted by atomic mass is 19.1. The predicted molar refractivity (Wildman–Crippen MR) is 66.0 cm³/mol. The van der Waals surface area contributed by atoms with Gasteiger partial charge in [-0.25, -0.2) is 8.78 Å². The molecule has 0 saturated heterocycles. The second-order valence-corrected chi connectivity index (χ2v) is 5.14. The molecule has 1 fully saturated rings. The van der Waals surface area contributed by atoms with E-state index in [-0.39, 0.29) is 0 Å². The summed E-state index contributed by atoms with van der Waals surface area (Å²) in [6.07, 6.45) is 4.98. The van der Waals surface area contributed by atoms with Crippen LogP contribution in [0.15, 0.2) is 18.2 Å². The van der Waals surface area contributed by atoms with E-state index in [2.05, 4.69) is 12.2 Å². The molecule has 1 aromatic carbocycles. The highest BCUT2D eigenvalue weighted by Crippen LogP contribution is 2.29. The molecule has 1 aromatic rings. The normalized spacial score (nSPS) is 24.6. The first-order valence-electron chi connectivity index (χ1n) is 6.34. The van der Waals surface area contributed by atoms with Gasteiger partial charge in [0.2, 0.25) is 0 Å². The zero-order valence-electron chi connectivity index (χ0n) is 10.2. The molecule has 0 aromatic heterocycles. The Labute approximate surface area is 101 Å². The summed E-state index contributed by atoms with van der Waals surface area (Å²) in [5, 5.41) is 3.09. The van der Waals surface area contributed by atoms with Crippen LogP contribution >= 0.6 is 0 Å². The van der Waals surface area contributed by atoms with Crippen LogP contribution in [-0.2, 0) is 0 Å². The maximum atomic E-state index is 13.4. The van der Waals surface area contributed by atoms with Gasteiger partial charge in [0.15, 0.2) is 0 Å². The summed E-state index contributed by atoms with van der Waals surface area (Å²) in [4.78, 5) is 0. The Hall–Kier alpha value is -1.12. The van der Waals surface area contributed by atoms with E-state index in [9.17, 15) is 8.78 Å². The van der Waals surface area contributed by atoms with Crippen LogP contribution < -0.4 is 5.32 Å². The van der Waals surface area contributed by atoms with Gasteiger partial charge < -0.3 is 5.32 Å². The number of halogens is 2. The minimum absolute atomic E-state index is 0.407. The third-order valence-electron chi connectivity index (χ3n) is 3.56. The molecule has 0 spiro atoms. The Balaban J connectivity index is 1.88. The highest BCUT2D eigenvalue weighted by Gasteiger charge is 2.18. The van der Waals surface area contributed by atoms with E-state index in [0.29, 0.717) is 11.6 Å². The van der Waals surface area contributed by atoms with Crippen molar-refractivity contribution in [2.24, 2.45) is 11.8 Å². The third kappa shape index (κ3) is 3.42. The zero-order chi connectivity index (χ0) is 12.3. The fraction of sp³-hybridized carbons (Fsp3) is 0.571. The second-order valence-electron chi connectivity index (χ2n) is 5.14. The first-order valence-corrected chi connectivity index (χ1v) is 6.34. The van der Waals surface area contributed by atoms with Gasteiger partial charge in [-0.2, -0.15) is 0 Å². The van der Waals surface area contributed by atoms with Crippen molar-refractivity contribution in [3.8, 4) is 0 Å². The van der Waals surface area contributed by atoms with E-state index in [1.165, 1.54) is 37.8 Å². The molecular formula is C14H19F2N. The predicted octanol–water partition coefficient (Wildman–Crippen LogP) is 4.20. The summed E-state index contributed by atoms with van der Waals surface area (Å²) in [5.74, 6) is 0.352. The van der Waals surface area contributed by atoms with Crippen LogP contribution in [0.1, 0.15) is 32.6 Å². The molecule has 94 valence electrons. The summed E-state index contributed by atoms with van der Waals surface area (Å²) in [5.41, 5.74) is 0.407. The van der Waals surface area contributed by atoms with Gasteiger partial charge in [0.05, 0.1) is 5.69 Å². The van der Waals surface area contributed by atoms with Gasteiger partial charge in [-0.15, -0.1) is 0 Å². The maximum absolute atomic E-state index is 13.4. The smallest absolute Gasteiger partial charge is 0.149 e. The average Bonchev–Trinajstić information content (AvgIpc) is 2.28. The lowest BCUT2D eigenvalue weighted by atomic mass is 9.82. The fourth-order valence-corrected chi connectivity index (χ4v) is 2.63. The number of nitrogens with one attached hydrogen (secondary N) is 1. The van der Waals surface area contributed by atoms with E-state index >= 15 is 0 Å². The van der Waals surface area contributed by atoms with Crippen molar-refractivity contribution in [3.05, 3.63) is 29.8 Å². The van der Waals surface area contributed by atoms with Crippen LogP contribution in [0.4, 0.5) is 14.5 Å². The van der Waals surface area contributed by atoms with Crippen LogP contribution in [0, 0.1) is 23.5 Å². The summed E-state index contributed by atoms with van der Waals surface area (Å²) in [7, 11) is 0. The fourth-order valence-electron chi connectivity index (χ4n) is 2.63. The van der Waals surface area contributed by atoms with E-state index < -0.39 is 11.6 Å². The van der Waals surface area contributed by atoms with E-state index in [4.69, 9.17) is 0 Å². The molecule has 0 heterocycles. The standard InChI is InChI=1S/C14H19F2N/c1-10-3-2-4-11(7-10)9-17-14-6-5-12(15)8-13(14)16/h5-6,8,10-11,17H,2-4,7,9H2,1H3. The van der Waals surface area contributed by atoms with Gasteiger partial charge in [0, 0.05) is 12.6 Å². The number of benzene rings is 1. The van der Waals surface area contributed by atoms with Gasteiger partial charge in [-0.1, -0.05) is 19.8 Å². The lowest BCUT2D eigenvalue weighted by Gasteiger charge is -2.27. The SMILES string of the molecule is CC1CCCC(CNc2ccc(F)cc2F)C1. The largest absolute Gasteiger partial charge is 0.382 e. The Morgan fingerprint density at radius 3 is 2.82 bits per heavy atom. The molecule has 0 amide bonds. The molecule has 1 nitrogen and oxygen atoms in total. The maximum Gasteiger partial charge on any atom is 0.149 e. The molecule has 0 aliphatic heterocycles. The molecular weight excluding hydrogens is 220 g/mol. The minimum Gasteiger partial charge on any atom is -0.382 e. The number of rotatable bonds is 3. The van der Waals surface area contributed by atoms with Crippen LogP contribution in [-0.4, -0.2) is 6.54 Å². The highest BCUT2D eigenvalue weighted by molar-refractivity contribution is 5.44. The number of anilines is 1. The Morgan fingerprint density at radius 2 is 2.12 bits per heavy atom. The molecule has 17 heavy (non-hydrogen) atoms. The first kappa shape index (κ1) is 12.3. The van der Waals surface area contributed by atoms with Crippen molar-refractivity contribution in [1.29, 1.82) is 0 Å². The number of hydrogen-bond donors (Lipinski definition) is 1. The van der Waals surface area contributed by atoms with Crippen LogP contribution in [0.2, 0.25) is 0 Å². The van der Waals surface area contributed by atoms with Crippen molar-refractivity contribution in [2.75, 3.05) is 11.9 Å². The quantitative estimate of drug-likeness (QED) is 0.833. The summed E-state index contributed by atoms with van der Waals surface area (Å²) in [6, 6.07) is 3.68. The van der Waals surface area contributed by atoms with Gasteiger partial charge in [0.1, 0.15) is 11.6 Å². The molecule has 2 unspecified atom stereocenters. The van der Waals surface area contributed by atoms with Crippen molar-refractivity contribution in [3.63, 3.8) is 0 Å². The van der Waals surface area contributed by atoms with Crippen molar-refractivity contribution in [2.45, 2.75) is 32.6 Å². The average molecular weight is 239 g/mol. The summed E-state index contributed by atoms with van der Waals surface area (Å²) < 4.78 is 26.1. The van der Waals surface area contributed by atoms with Crippen LogP contribution in [0.3, 0.4) is 0 Å². The van der Waals surface area contributed by atoms with Gasteiger partial charge >= 0.3 is 0 Å². The molecule has 1 N–H and O–H groups in total. The summed E-state index contributed by atoms with van der Waals surface area (Å²) >= 11 is 0. The van der Waals surface area contributed by atoms with Crippen molar-refractivity contribution >= 4 is 5.69 Å². The number of hydrogen-bond acceptors (Lipinski definition) is 1. The Morgan fingerprint density at radius 1 is 1.29 bits per heavy atom. The first-order chi connectivity index (χ1) is 8.15. The van der Waals surface area contributed by atoms with Gasteiger partial charge in [-0.3, -0.25) is 0 Å². The van der Waals surface area contributed by atoms with Crippen molar-refractivity contribution in [1.82, 2.24) is 0 Å². The van der Waals surface area contributed by atoms with E-state index in [1.807, 2.05) is 0 Å². The molecule has 2 atom stereocenters. The van der Waals surface area contributed by atoms with Crippen molar-refractivity contribution < 1.29 is 8.78 Å². The lowest BCUT2D eigenvalue weighted by Crippen LogP contribution is -2.21. The summed E-state index contributed by atoms with van der Waals surface area (Å²) in [6.45, 7) is 3.05. The van der Waals surface area contributed by atoms with Crippen LogP contribution in [0.5, 0.6) is 0 Å². The van der Waals surface area contributed by atoms with Gasteiger partial charge in [0.25, 0.3) is 0 Å². The molecule has 1 aliphatic rings. The minimum atomic E-state index is -0.528. The lowest BCUT2D eigenvalue weighted by molar-refractivity contribution is 0.293. The van der Waals surface area contributed by atoms with E-state index in [1.54, 1.807) is 0 Å². The monoisotopic (exact) mass is 239 g/mol. The molecule has 1 saturated carbocycles. The van der Waals surface area contributed by atoms with Crippen LogP contribution in [0.25, 0.3) is 0 Å². The topological polar surface area (TPSA) is 12.0 Å². The second kappa shape index (κ2) is 5.48. The molecule has 3 heteroatoms. The van der Waals surface area contributed by atoms with E-state index in [0.717, 1.165) is 18.5 Å². The molecule has 0 radical (unpaired) electrons. The molecule has 1 aliphatic carbocycles. The van der Waals surface area contributed by atoms with Gasteiger partial charge in [-0.05, 0) is 36.8 Å². The molecule has 0 bridgehead atoms. The Kier molecular flexibility index (Phi) is 3.97. The zero-order valence-corrected chi connectivity index (χ0v) is 10.2. The molecule has 2 rings (SSSR count).